The summed E-state index contributed by atoms with van der Waals surface area (Å²) >= 11 is 0. The molecule has 0 aliphatic rings. The van der Waals surface area contributed by atoms with Crippen LogP contribution in [-0.4, -0.2) is 22.4 Å². The maximum Gasteiger partial charge on any atom is 0.336 e. The molecule has 0 aliphatic heterocycles. The fraction of sp³-hybridized carbons (Fsp3) is 0.833. The van der Waals surface area contributed by atoms with Crippen LogP contribution in [0.2, 0.25) is 0 Å². The van der Waals surface area contributed by atoms with Crippen LogP contribution in [0.4, 0.5) is 0 Å². The first kappa shape index (κ1) is 9.39. The lowest BCUT2D eigenvalue weighted by molar-refractivity contribution is -0.295. The van der Waals surface area contributed by atoms with Gasteiger partial charge in [0.25, 0.3) is 0 Å². The van der Waals surface area contributed by atoms with Gasteiger partial charge in [-0.15, -0.1) is 0 Å². The van der Waals surface area contributed by atoms with E-state index < -0.39 is 17.5 Å². The molecule has 0 aromatic rings. The molecule has 0 fully saturated rings. The number of carboxylic acids is 1. The van der Waals surface area contributed by atoms with Crippen LogP contribution in [0.5, 0.6) is 0 Å². The second kappa shape index (κ2) is 2.98. The zero-order valence-corrected chi connectivity index (χ0v) is 6.29. The fourth-order valence-corrected chi connectivity index (χ4v) is 0.574. The first-order valence-electron chi connectivity index (χ1n) is 2.92. The lowest BCUT2D eigenvalue weighted by Gasteiger charge is -2.23. The summed E-state index contributed by atoms with van der Waals surface area (Å²) in [5, 5.41) is 16.6. The molecule has 0 aromatic carbocycles. The van der Waals surface area contributed by atoms with Crippen LogP contribution in [0.3, 0.4) is 0 Å². The van der Waals surface area contributed by atoms with Gasteiger partial charge in [0.15, 0.2) is 6.10 Å². The van der Waals surface area contributed by atoms with Gasteiger partial charge in [-0.1, -0.05) is 20.8 Å². The second-order valence-corrected chi connectivity index (χ2v) is 3.19. The molecule has 0 saturated heterocycles. The molecule has 0 bridgehead atoms. The predicted molar refractivity (Wildman–Crippen MR) is 34.6 cm³/mol. The Balaban J connectivity index is 4.22. The number of carbonyl (C=O) groups is 1. The standard InChI is InChI=1S/C6H12O4/c1-6(2,3)4(10-9)5(7)8/h4,9H,1-3H3,(H,7,8). The predicted octanol–water partition coefficient (Wildman–Crippen LogP) is 0.975. The summed E-state index contributed by atoms with van der Waals surface area (Å²) in [6.45, 7) is 5.01. The molecule has 0 aliphatic carbocycles. The zero-order valence-electron chi connectivity index (χ0n) is 6.29. The van der Waals surface area contributed by atoms with Crippen LogP contribution in [0.15, 0.2) is 0 Å². The Morgan fingerprint density at radius 1 is 1.50 bits per heavy atom. The van der Waals surface area contributed by atoms with Crippen LogP contribution < -0.4 is 0 Å². The van der Waals surface area contributed by atoms with Crippen LogP contribution in [-0.2, 0) is 9.68 Å². The minimum Gasteiger partial charge on any atom is -0.479 e. The van der Waals surface area contributed by atoms with Crippen molar-refractivity contribution >= 4 is 5.97 Å². The third-order valence-corrected chi connectivity index (χ3v) is 1.12. The highest BCUT2D eigenvalue weighted by molar-refractivity contribution is 5.73. The average Bonchev–Trinajstić information content (AvgIpc) is 1.60. The van der Waals surface area contributed by atoms with E-state index in [0.717, 1.165) is 0 Å². The number of hydrogen-bond acceptors (Lipinski definition) is 3. The van der Waals surface area contributed by atoms with Crippen molar-refractivity contribution in [3.8, 4) is 0 Å². The molecule has 0 heterocycles. The Labute approximate surface area is 59.4 Å². The van der Waals surface area contributed by atoms with Crippen molar-refractivity contribution in [3.05, 3.63) is 0 Å². The molecule has 2 N–H and O–H groups in total. The van der Waals surface area contributed by atoms with Gasteiger partial charge in [-0.3, -0.25) is 5.26 Å². The van der Waals surface area contributed by atoms with E-state index in [9.17, 15) is 4.79 Å². The zero-order chi connectivity index (χ0) is 8.36. The van der Waals surface area contributed by atoms with Crippen molar-refractivity contribution in [2.24, 2.45) is 5.41 Å². The van der Waals surface area contributed by atoms with E-state index in [1.165, 1.54) is 0 Å². The summed E-state index contributed by atoms with van der Waals surface area (Å²) in [5.74, 6) is -1.16. The summed E-state index contributed by atoms with van der Waals surface area (Å²) in [7, 11) is 0. The van der Waals surface area contributed by atoms with E-state index in [2.05, 4.69) is 4.89 Å². The number of rotatable bonds is 2. The van der Waals surface area contributed by atoms with Gasteiger partial charge < -0.3 is 5.11 Å². The molecule has 0 saturated carbocycles. The van der Waals surface area contributed by atoms with Gasteiger partial charge >= 0.3 is 5.97 Å². The monoisotopic (exact) mass is 148 g/mol. The van der Waals surface area contributed by atoms with Crippen molar-refractivity contribution in [1.82, 2.24) is 0 Å². The quantitative estimate of drug-likeness (QED) is 0.452. The Morgan fingerprint density at radius 3 is 1.90 bits per heavy atom. The van der Waals surface area contributed by atoms with Gasteiger partial charge in [0.05, 0.1) is 0 Å². The highest BCUT2D eigenvalue weighted by Gasteiger charge is 2.32. The van der Waals surface area contributed by atoms with E-state index in [1.807, 2.05) is 0 Å². The molecule has 1 atom stereocenters. The summed E-state index contributed by atoms with van der Waals surface area (Å²) in [4.78, 5) is 14.1. The van der Waals surface area contributed by atoms with Gasteiger partial charge in [-0.05, 0) is 0 Å². The van der Waals surface area contributed by atoms with Crippen molar-refractivity contribution < 1.29 is 20.0 Å². The molecule has 60 valence electrons. The topological polar surface area (TPSA) is 66.8 Å². The molecule has 0 amide bonds. The Bertz CT molecular complexity index is 124. The smallest absolute Gasteiger partial charge is 0.336 e. The summed E-state index contributed by atoms with van der Waals surface area (Å²) < 4.78 is 0. The summed E-state index contributed by atoms with van der Waals surface area (Å²) in [6, 6.07) is 0. The van der Waals surface area contributed by atoms with Crippen LogP contribution in [0.25, 0.3) is 0 Å². The lowest BCUT2D eigenvalue weighted by Crippen LogP contribution is -2.35. The Kier molecular flexibility index (Phi) is 2.80. The van der Waals surface area contributed by atoms with Gasteiger partial charge in [0.2, 0.25) is 0 Å². The Morgan fingerprint density at radius 2 is 1.90 bits per heavy atom. The van der Waals surface area contributed by atoms with Crippen LogP contribution in [0.1, 0.15) is 20.8 Å². The maximum atomic E-state index is 10.3. The van der Waals surface area contributed by atoms with E-state index >= 15 is 0 Å². The summed E-state index contributed by atoms with van der Waals surface area (Å²) in [5.41, 5.74) is -0.583. The minimum atomic E-state index is -1.16. The normalized spacial score (nSPS) is 14.8. The van der Waals surface area contributed by atoms with Crippen LogP contribution >= 0.6 is 0 Å². The first-order valence-corrected chi connectivity index (χ1v) is 2.92. The molecule has 0 rings (SSSR count). The van der Waals surface area contributed by atoms with Crippen molar-refractivity contribution in [1.29, 1.82) is 0 Å². The minimum absolute atomic E-state index is 0.583. The van der Waals surface area contributed by atoms with Crippen molar-refractivity contribution in [3.63, 3.8) is 0 Å². The molecular weight excluding hydrogens is 136 g/mol. The van der Waals surface area contributed by atoms with Gasteiger partial charge in [-0.25, -0.2) is 9.68 Å². The lowest BCUT2D eigenvalue weighted by atomic mass is 9.89. The largest absolute Gasteiger partial charge is 0.479 e. The van der Waals surface area contributed by atoms with Gasteiger partial charge in [-0.2, -0.15) is 0 Å². The van der Waals surface area contributed by atoms with Gasteiger partial charge in [0, 0.05) is 5.41 Å². The van der Waals surface area contributed by atoms with Crippen LogP contribution in [0, 0.1) is 5.41 Å². The summed E-state index contributed by atoms with van der Waals surface area (Å²) in [6.07, 6.45) is -1.16. The molecule has 0 spiro atoms. The molecule has 10 heavy (non-hydrogen) atoms. The Hall–Kier alpha value is -0.610. The van der Waals surface area contributed by atoms with Crippen molar-refractivity contribution in [2.45, 2.75) is 26.9 Å². The van der Waals surface area contributed by atoms with E-state index in [-0.39, 0.29) is 0 Å². The van der Waals surface area contributed by atoms with E-state index in [0.29, 0.717) is 0 Å². The fourth-order valence-electron chi connectivity index (χ4n) is 0.574. The average molecular weight is 148 g/mol. The molecule has 4 heteroatoms. The number of aliphatic carboxylic acids is 1. The highest BCUT2D eigenvalue weighted by Crippen LogP contribution is 2.21. The molecule has 0 radical (unpaired) electrons. The van der Waals surface area contributed by atoms with E-state index in [4.69, 9.17) is 10.4 Å². The first-order chi connectivity index (χ1) is 4.39. The molecule has 0 aromatic heterocycles. The van der Waals surface area contributed by atoms with Gasteiger partial charge in [0.1, 0.15) is 0 Å². The third kappa shape index (κ3) is 2.33. The number of hydrogen-bond donors (Lipinski definition) is 2. The highest BCUT2D eigenvalue weighted by atomic mass is 17.1. The number of carboxylic acid groups (broad SMARTS) is 1. The third-order valence-electron chi connectivity index (χ3n) is 1.12. The molecule has 1 unspecified atom stereocenters. The maximum absolute atomic E-state index is 10.3. The molecular formula is C6H12O4. The second-order valence-electron chi connectivity index (χ2n) is 3.19. The SMILES string of the molecule is CC(C)(C)C(OO)C(=O)O. The molecule has 4 nitrogen and oxygen atoms in total. The van der Waals surface area contributed by atoms with Crippen molar-refractivity contribution in [2.75, 3.05) is 0 Å². The van der Waals surface area contributed by atoms with E-state index in [1.54, 1.807) is 20.8 Å².